The van der Waals surface area contributed by atoms with E-state index in [0.717, 1.165) is 9.80 Å². The van der Waals surface area contributed by atoms with Crippen LogP contribution in [-0.4, -0.2) is 93.5 Å². The van der Waals surface area contributed by atoms with Gasteiger partial charge in [0, 0.05) is 34.4 Å². The van der Waals surface area contributed by atoms with Crippen LogP contribution in [0.15, 0.2) is 0 Å². The van der Waals surface area contributed by atoms with Crippen LogP contribution in [-0.2, 0) is 19.1 Å². The van der Waals surface area contributed by atoms with Crippen LogP contribution in [0, 0.1) is 0 Å². The van der Waals surface area contributed by atoms with Gasteiger partial charge in [-0.25, -0.2) is 4.79 Å². The van der Waals surface area contributed by atoms with Gasteiger partial charge in [-0.1, -0.05) is 0 Å². The largest absolute Gasteiger partial charge is 0.480 e. The van der Waals surface area contributed by atoms with Crippen LogP contribution in [0.1, 0.15) is 0 Å². The topological polar surface area (TPSA) is 108 Å². The maximum atomic E-state index is 12.1. The highest BCUT2D eigenvalue weighted by Gasteiger charge is 2.21. The molecular weight excluding hydrogens is 282 g/mol. The van der Waals surface area contributed by atoms with Crippen molar-refractivity contribution >= 4 is 17.9 Å². The lowest BCUT2D eigenvalue weighted by Gasteiger charge is -2.26. The van der Waals surface area contributed by atoms with Gasteiger partial charge in [-0.3, -0.25) is 9.59 Å². The quantitative estimate of drug-likeness (QED) is 0.493. The Balaban J connectivity index is 4.39. The molecule has 0 aromatic carbocycles. The van der Waals surface area contributed by atoms with E-state index in [4.69, 9.17) is 14.6 Å². The van der Waals surface area contributed by atoms with Crippen LogP contribution in [0.2, 0.25) is 0 Å². The van der Waals surface area contributed by atoms with Crippen molar-refractivity contribution in [1.29, 1.82) is 0 Å². The first-order valence-electron chi connectivity index (χ1n) is 6.38. The number of hydrogen-bond donors (Lipinski definition) is 2. The number of ether oxygens (including phenoxy) is 2. The molecule has 0 spiro atoms. The molecule has 9 heteroatoms. The van der Waals surface area contributed by atoms with Gasteiger partial charge in [0.2, 0.25) is 5.91 Å². The Kier molecular flexibility index (Phi) is 9.90. The second-order valence-corrected chi connectivity index (χ2v) is 4.29. The van der Waals surface area contributed by atoms with E-state index in [-0.39, 0.29) is 25.6 Å². The van der Waals surface area contributed by atoms with Gasteiger partial charge >= 0.3 is 12.0 Å². The van der Waals surface area contributed by atoms with Gasteiger partial charge in [0.05, 0.1) is 13.2 Å². The zero-order chi connectivity index (χ0) is 16.3. The number of hydrogen-bond acceptors (Lipinski definition) is 5. The zero-order valence-electron chi connectivity index (χ0n) is 12.6. The molecule has 0 heterocycles. The van der Waals surface area contributed by atoms with Crippen molar-refractivity contribution in [3.8, 4) is 0 Å². The number of likely N-dealkylation sites (N-methyl/N-ethyl adjacent to an activating group) is 1. The fourth-order valence-corrected chi connectivity index (χ4v) is 1.48. The molecule has 0 radical (unpaired) electrons. The maximum Gasteiger partial charge on any atom is 0.323 e. The first kappa shape index (κ1) is 19.1. The van der Waals surface area contributed by atoms with Crippen LogP contribution < -0.4 is 5.32 Å². The molecule has 0 aliphatic rings. The minimum atomic E-state index is -1.13. The molecule has 0 bridgehead atoms. The van der Waals surface area contributed by atoms with Crippen LogP contribution in [0.25, 0.3) is 0 Å². The highest BCUT2D eigenvalue weighted by atomic mass is 16.5. The summed E-state index contributed by atoms with van der Waals surface area (Å²) in [5, 5.41) is 11.4. The molecule has 0 aromatic heterocycles. The SMILES string of the molecule is COCCNC(=O)CN(C)C(=O)N(CCOC)CC(=O)O. The molecule has 0 aromatic rings. The Morgan fingerprint density at radius 2 is 1.71 bits per heavy atom. The van der Waals surface area contributed by atoms with E-state index in [1.807, 2.05) is 0 Å². The number of carbonyl (C=O) groups is 3. The minimum Gasteiger partial charge on any atom is -0.480 e. The molecule has 0 rings (SSSR count). The van der Waals surface area contributed by atoms with Crippen LogP contribution in [0.5, 0.6) is 0 Å². The number of carbonyl (C=O) groups excluding carboxylic acids is 2. The second kappa shape index (κ2) is 10.9. The lowest BCUT2D eigenvalue weighted by molar-refractivity contribution is -0.137. The predicted molar refractivity (Wildman–Crippen MR) is 74.0 cm³/mol. The van der Waals surface area contributed by atoms with E-state index < -0.39 is 18.5 Å². The van der Waals surface area contributed by atoms with Gasteiger partial charge in [-0.05, 0) is 0 Å². The molecule has 9 nitrogen and oxygen atoms in total. The van der Waals surface area contributed by atoms with Gasteiger partial charge in [0.15, 0.2) is 0 Å². The van der Waals surface area contributed by atoms with Gasteiger partial charge in [0.1, 0.15) is 13.1 Å². The zero-order valence-corrected chi connectivity index (χ0v) is 12.6. The van der Waals surface area contributed by atoms with Crippen molar-refractivity contribution < 1.29 is 29.0 Å². The Morgan fingerprint density at radius 1 is 1.10 bits per heavy atom. The lowest BCUT2D eigenvalue weighted by Crippen LogP contribution is -2.48. The summed E-state index contributed by atoms with van der Waals surface area (Å²) < 4.78 is 9.62. The summed E-state index contributed by atoms with van der Waals surface area (Å²) in [6.07, 6.45) is 0. The molecule has 122 valence electrons. The molecule has 0 aliphatic heterocycles. The minimum absolute atomic E-state index is 0.136. The molecule has 0 atom stereocenters. The standard InChI is InChI=1S/C12H23N3O6/c1-14(8-10(16)13-4-6-20-2)12(19)15(5-7-21-3)9-11(17)18/h4-9H2,1-3H3,(H,13,16)(H,17,18). The number of carboxylic acids is 1. The predicted octanol–water partition coefficient (Wildman–Crippen LogP) is -1.17. The molecular formula is C12H23N3O6. The van der Waals surface area contributed by atoms with Gasteiger partial charge in [0.25, 0.3) is 0 Å². The Hall–Kier alpha value is -1.87. The molecule has 0 saturated heterocycles. The highest BCUT2D eigenvalue weighted by molar-refractivity contribution is 5.85. The highest BCUT2D eigenvalue weighted by Crippen LogP contribution is 1.97. The average Bonchev–Trinajstić information content (AvgIpc) is 2.42. The normalized spacial score (nSPS) is 10.0. The maximum absolute atomic E-state index is 12.1. The summed E-state index contributed by atoms with van der Waals surface area (Å²) in [5.74, 6) is -1.47. The van der Waals surface area contributed by atoms with Crippen LogP contribution in [0.4, 0.5) is 4.79 Å². The number of nitrogens with zero attached hydrogens (tertiary/aromatic N) is 2. The third kappa shape index (κ3) is 8.82. The fourth-order valence-electron chi connectivity index (χ4n) is 1.48. The van der Waals surface area contributed by atoms with E-state index >= 15 is 0 Å². The van der Waals surface area contributed by atoms with Crippen molar-refractivity contribution in [1.82, 2.24) is 15.1 Å². The number of carboxylic acid groups (broad SMARTS) is 1. The first-order chi connectivity index (χ1) is 9.92. The van der Waals surface area contributed by atoms with Crippen molar-refractivity contribution in [2.45, 2.75) is 0 Å². The number of urea groups is 1. The first-order valence-corrected chi connectivity index (χ1v) is 6.38. The molecule has 21 heavy (non-hydrogen) atoms. The van der Waals surface area contributed by atoms with Crippen molar-refractivity contribution in [2.75, 3.05) is 60.7 Å². The van der Waals surface area contributed by atoms with Crippen molar-refractivity contribution in [2.24, 2.45) is 0 Å². The van der Waals surface area contributed by atoms with Gasteiger partial charge in [-0.15, -0.1) is 0 Å². The molecule has 0 aliphatic carbocycles. The second-order valence-electron chi connectivity index (χ2n) is 4.29. The Bertz CT molecular complexity index is 350. The van der Waals surface area contributed by atoms with E-state index in [9.17, 15) is 14.4 Å². The summed E-state index contributed by atoms with van der Waals surface area (Å²) in [5.41, 5.74) is 0. The van der Waals surface area contributed by atoms with Gasteiger partial charge in [-0.2, -0.15) is 0 Å². The number of nitrogens with one attached hydrogen (secondary N) is 1. The summed E-state index contributed by atoms with van der Waals surface area (Å²) in [6.45, 7) is 0.468. The molecule has 3 amide bonds. The number of methoxy groups -OCH3 is 2. The number of amides is 3. The van der Waals surface area contributed by atoms with Crippen molar-refractivity contribution in [3.05, 3.63) is 0 Å². The fraction of sp³-hybridized carbons (Fsp3) is 0.750. The lowest BCUT2D eigenvalue weighted by atomic mass is 10.4. The van der Waals surface area contributed by atoms with E-state index in [2.05, 4.69) is 5.32 Å². The summed E-state index contributed by atoms with van der Waals surface area (Å²) >= 11 is 0. The van der Waals surface area contributed by atoms with Gasteiger partial charge < -0.3 is 29.7 Å². The Labute approximate surface area is 123 Å². The Morgan fingerprint density at radius 3 is 2.24 bits per heavy atom. The number of rotatable bonds is 10. The smallest absolute Gasteiger partial charge is 0.323 e. The summed E-state index contributed by atoms with van der Waals surface area (Å²) in [4.78, 5) is 36.7. The van der Waals surface area contributed by atoms with Crippen LogP contribution in [0.3, 0.4) is 0 Å². The average molecular weight is 305 g/mol. The molecule has 2 N–H and O–H groups in total. The molecule has 0 saturated carbocycles. The monoisotopic (exact) mass is 305 g/mol. The third-order valence-electron chi connectivity index (χ3n) is 2.50. The summed E-state index contributed by atoms with van der Waals surface area (Å²) in [7, 11) is 4.40. The summed E-state index contributed by atoms with van der Waals surface area (Å²) in [6, 6.07) is -0.545. The number of aliphatic carboxylic acids is 1. The van der Waals surface area contributed by atoms with E-state index in [1.165, 1.54) is 21.3 Å². The molecule has 0 fully saturated rings. The third-order valence-corrected chi connectivity index (χ3v) is 2.50. The molecule has 0 unspecified atom stereocenters. The van der Waals surface area contributed by atoms with E-state index in [1.54, 1.807) is 0 Å². The van der Waals surface area contributed by atoms with E-state index in [0.29, 0.717) is 13.2 Å². The van der Waals surface area contributed by atoms with Crippen molar-refractivity contribution in [3.63, 3.8) is 0 Å². The van der Waals surface area contributed by atoms with Crippen LogP contribution >= 0.6 is 0 Å².